The van der Waals surface area contributed by atoms with Gasteiger partial charge in [0, 0.05) is 25.2 Å². The van der Waals surface area contributed by atoms with Crippen LogP contribution in [-0.2, 0) is 24.1 Å². The fraction of sp³-hybridized carbons (Fsp3) is 0.421. The van der Waals surface area contributed by atoms with Crippen LogP contribution in [0.1, 0.15) is 25.8 Å². The zero-order valence-electron chi connectivity index (χ0n) is 16.1. The Kier molecular flexibility index (Phi) is 6.02. The van der Waals surface area contributed by atoms with Gasteiger partial charge in [0.25, 0.3) is 5.91 Å². The van der Waals surface area contributed by atoms with Gasteiger partial charge in [0.05, 0.1) is 34.3 Å². The molecule has 0 bridgehead atoms. The van der Waals surface area contributed by atoms with Crippen molar-refractivity contribution in [2.45, 2.75) is 26.4 Å². The molecule has 2 atom stereocenters. The SMILES string of the molecule is CC(=O)N=S1(=O)CC=C(c2ccc(N3C[C@@H](CNC(C)=O)OC3=O)cc2F)CC1. The molecule has 29 heavy (non-hydrogen) atoms. The molecule has 3 rings (SSSR count). The Morgan fingerprint density at radius 1 is 1.38 bits per heavy atom. The highest BCUT2D eigenvalue weighted by Gasteiger charge is 2.33. The monoisotopic (exact) mass is 423 g/mol. The zero-order chi connectivity index (χ0) is 21.2. The van der Waals surface area contributed by atoms with Gasteiger partial charge in [-0.1, -0.05) is 6.08 Å². The Bertz CT molecular complexity index is 1010. The number of carbonyl (C=O) groups excluding carboxylic acids is 3. The van der Waals surface area contributed by atoms with Crippen molar-refractivity contribution < 1.29 is 27.7 Å². The maximum absolute atomic E-state index is 14.7. The highest BCUT2D eigenvalue weighted by atomic mass is 32.2. The molecule has 0 radical (unpaired) electrons. The minimum absolute atomic E-state index is 0.104. The van der Waals surface area contributed by atoms with Crippen molar-refractivity contribution in [3.05, 3.63) is 35.7 Å². The number of ether oxygens (including phenoxy) is 1. The molecule has 1 N–H and O–H groups in total. The molecule has 0 aromatic heterocycles. The number of benzene rings is 1. The molecule has 1 aromatic carbocycles. The molecule has 1 unspecified atom stereocenters. The number of cyclic esters (lactones) is 1. The van der Waals surface area contributed by atoms with Crippen LogP contribution in [0.5, 0.6) is 0 Å². The van der Waals surface area contributed by atoms with Gasteiger partial charge < -0.3 is 10.1 Å². The summed E-state index contributed by atoms with van der Waals surface area (Å²) in [7, 11) is -2.61. The third-order valence-corrected chi connectivity index (χ3v) is 6.76. The average molecular weight is 423 g/mol. The first-order chi connectivity index (χ1) is 13.7. The Labute approximate surface area is 168 Å². The van der Waals surface area contributed by atoms with Gasteiger partial charge in [0.15, 0.2) is 0 Å². The van der Waals surface area contributed by atoms with E-state index in [0.29, 0.717) is 23.2 Å². The fourth-order valence-corrected chi connectivity index (χ4v) is 5.08. The van der Waals surface area contributed by atoms with Gasteiger partial charge in [-0.3, -0.25) is 14.5 Å². The van der Waals surface area contributed by atoms with Crippen LogP contribution >= 0.6 is 0 Å². The minimum Gasteiger partial charge on any atom is -0.442 e. The van der Waals surface area contributed by atoms with Gasteiger partial charge in [-0.15, -0.1) is 0 Å². The van der Waals surface area contributed by atoms with Crippen molar-refractivity contribution in [3.63, 3.8) is 0 Å². The summed E-state index contributed by atoms with van der Waals surface area (Å²) in [5.41, 5.74) is 1.41. The maximum atomic E-state index is 14.7. The number of hydrogen-bond donors (Lipinski definition) is 1. The van der Waals surface area contributed by atoms with Crippen LogP contribution < -0.4 is 10.2 Å². The summed E-state index contributed by atoms with van der Waals surface area (Å²) in [6.45, 7) is 3.02. The summed E-state index contributed by atoms with van der Waals surface area (Å²) in [6.07, 6.45) is 0.892. The second kappa shape index (κ2) is 8.32. The standard InChI is InChI=1S/C19H22FN3O5S/c1-12(24)21-10-16-11-23(19(26)28-16)15-3-4-17(18(20)9-15)14-5-7-29(27,8-6-14)22-13(2)25/h3-5,9,16H,6-8,10-11H2,1-2H3,(H,21,24)/t16-,29?/m1/s1. The maximum Gasteiger partial charge on any atom is 0.414 e. The topological polar surface area (TPSA) is 105 Å². The smallest absolute Gasteiger partial charge is 0.414 e. The van der Waals surface area contributed by atoms with E-state index in [2.05, 4.69) is 9.68 Å². The number of hydrogen-bond acceptors (Lipinski definition) is 5. The van der Waals surface area contributed by atoms with Crippen molar-refractivity contribution in [2.75, 3.05) is 29.5 Å². The number of nitrogens with zero attached hydrogens (tertiary/aromatic N) is 2. The van der Waals surface area contributed by atoms with Crippen molar-refractivity contribution in [2.24, 2.45) is 4.36 Å². The summed E-state index contributed by atoms with van der Waals surface area (Å²) >= 11 is 0. The van der Waals surface area contributed by atoms with Gasteiger partial charge in [0.1, 0.15) is 11.9 Å². The molecule has 1 saturated heterocycles. The first-order valence-electron chi connectivity index (χ1n) is 9.11. The van der Waals surface area contributed by atoms with Crippen LogP contribution in [0.3, 0.4) is 0 Å². The number of rotatable bonds is 4. The van der Waals surface area contributed by atoms with Crippen LogP contribution in [0.25, 0.3) is 5.57 Å². The molecule has 2 heterocycles. The quantitative estimate of drug-likeness (QED) is 0.798. The van der Waals surface area contributed by atoms with Crippen LogP contribution in [0.2, 0.25) is 0 Å². The first-order valence-corrected chi connectivity index (χ1v) is 11.0. The van der Waals surface area contributed by atoms with Crippen LogP contribution in [-0.4, -0.2) is 52.8 Å². The van der Waals surface area contributed by atoms with Gasteiger partial charge >= 0.3 is 6.09 Å². The van der Waals surface area contributed by atoms with E-state index in [1.807, 2.05) is 0 Å². The number of amides is 3. The molecule has 8 nitrogen and oxygen atoms in total. The van der Waals surface area contributed by atoms with Gasteiger partial charge in [-0.05, 0) is 30.2 Å². The third kappa shape index (κ3) is 5.00. The summed E-state index contributed by atoms with van der Waals surface area (Å²) in [5.74, 6) is -0.911. The molecule has 1 fully saturated rings. The molecule has 2 aliphatic rings. The highest BCUT2D eigenvalue weighted by molar-refractivity contribution is 7.94. The number of nitrogens with one attached hydrogen (secondary N) is 1. The lowest BCUT2D eigenvalue weighted by Crippen LogP contribution is -2.33. The van der Waals surface area contributed by atoms with E-state index in [0.717, 1.165) is 0 Å². The largest absolute Gasteiger partial charge is 0.442 e. The summed E-state index contributed by atoms with van der Waals surface area (Å²) in [4.78, 5) is 35.5. The Morgan fingerprint density at radius 2 is 2.14 bits per heavy atom. The van der Waals surface area contributed by atoms with Crippen molar-refractivity contribution in [1.29, 1.82) is 0 Å². The van der Waals surface area contributed by atoms with Crippen molar-refractivity contribution in [1.82, 2.24) is 5.32 Å². The van der Waals surface area contributed by atoms with E-state index in [1.165, 1.54) is 24.8 Å². The van der Waals surface area contributed by atoms with Gasteiger partial charge in [-0.25, -0.2) is 13.4 Å². The molecule has 10 heteroatoms. The lowest BCUT2D eigenvalue weighted by Gasteiger charge is -2.19. The second-order valence-corrected chi connectivity index (χ2v) is 9.42. The molecule has 0 spiro atoms. The highest BCUT2D eigenvalue weighted by Crippen LogP contribution is 2.30. The normalized spacial score (nSPS) is 24.0. The van der Waals surface area contributed by atoms with E-state index in [-0.39, 0.29) is 30.5 Å². The van der Waals surface area contributed by atoms with Crippen molar-refractivity contribution >= 4 is 38.9 Å². The van der Waals surface area contributed by atoms with E-state index >= 15 is 0 Å². The summed E-state index contributed by atoms with van der Waals surface area (Å²) < 4.78 is 36.1. The lowest BCUT2D eigenvalue weighted by molar-refractivity contribution is -0.119. The first kappa shape index (κ1) is 21.0. The average Bonchev–Trinajstić information content (AvgIpc) is 3.01. The molecule has 3 amide bonds. The fourth-order valence-electron chi connectivity index (χ4n) is 3.28. The Hall–Kier alpha value is -2.75. The van der Waals surface area contributed by atoms with E-state index in [4.69, 9.17) is 4.74 Å². The summed E-state index contributed by atoms with van der Waals surface area (Å²) in [6, 6.07) is 4.44. The van der Waals surface area contributed by atoms with Gasteiger partial charge in [-0.2, -0.15) is 4.36 Å². The van der Waals surface area contributed by atoms with E-state index < -0.39 is 33.7 Å². The molecule has 0 aliphatic carbocycles. The van der Waals surface area contributed by atoms with Crippen LogP contribution in [0, 0.1) is 5.82 Å². The van der Waals surface area contributed by atoms with E-state index in [9.17, 15) is 23.0 Å². The number of halogens is 1. The lowest BCUT2D eigenvalue weighted by atomic mass is 10.0. The zero-order valence-corrected chi connectivity index (χ0v) is 17.0. The molecule has 2 aliphatic heterocycles. The van der Waals surface area contributed by atoms with Gasteiger partial charge in [0.2, 0.25) is 5.91 Å². The predicted octanol–water partition coefficient (Wildman–Crippen LogP) is 2.09. The molecule has 0 saturated carbocycles. The Balaban J connectivity index is 1.75. The molecule has 156 valence electrons. The minimum atomic E-state index is -2.61. The number of anilines is 1. The van der Waals surface area contributed by atoms with Crippen LogP contribution in [0.15, 0.2) is 28.6 Å². The van der Waals surface area contributed by atoms with Crippen molar-refractivity contribution in [3.8, 4) is 0 Å². The predicted molar refractivity (Wildman–Crippen MR) is 106 cm³/mol. The summed E-state index contributed by atoms with van der Waals surface area (Å²) in [5, 5.41) is 2.59. The number of carbonyl (C=O) groups is 3. The molecule has 1 aromatic rings. The number of allylic oxidation sites excluding steroid dienone is 1. The third-order valence-electron chi connectivity index (χ3n) is 4.64. The van der Waals surface area contributed by atoms with E-state index in [1.54, 1.807) is 18.2 Å². The van der Waals surface area contributed by atoms with Crippen LogP contribution in [0.4, 0.5) is 14.9 Å². The molecular formula is C19H22FN3O5S. The Morgan fingerprint density at radius 3 is 2.72 bits per heavy atom. The second-order valence-electron chi connectivity index (χ2n) is 6.95. The molecular weight excluding hydrogens is 401 g/mol.